The summed E-state index contributed by atoms with van der Waals surface area (Å²) in [4.78, 5) is 15.7. The van der Waals surface area contributed by atoms with Crippen LogP contribution in [0.15, 0.2) is 51.6 Å². The molecule has 2 heterocycles. The third-order valence-corrected chi connectivity index (χ3v) is 2.87. The highest BCUT2D eigenvalue weighted by Crippen LogP contribution is 2.19. The largest absolute Gasteiger partial charge is 0.457 e. The van der Waals surface area contributed by atoms with Crippen molar-refractivity contribution in [3.63, 3.8) is 0 Å². The zero-order valence-electron chi connectivity index (χ0n) is 10.7. The zero-order valence-corrected chi connectivity index (χ0v) is 11.4. The molecule has 0 saturated heterocycles. The van der Waals surface area contributed by atoms with Crippen molar-refractivity contribution >= 4 is 17.6 Å². The predicted molar refractivity (Wildman–Crippen MR) is 72.6 cm³/mol. The Morgan fingerprint density at radius 1 is 1.24 bits per heavy atom. The van der Waals surface area contributed by atoms with Crippen LogP contribution in [0.4, 0.5) is 0 Å². The number of ether oxygens (including phenoxy) is 1. The van der Waals surface area contributed by atoms with Crippen LogP contribution < -0.4 is 0 Å². The van der Waals surface area contributed by atoms with Crippen LogP contribution in [0, 0.1) is 0 Å². The first-order chi connectivity index (χ1) is 10.2. The van der Waals surface area contributed by atoms with E-state index in [-0.39, 0.29) is 18.2 Å². The van der Waals surface area contributed by atoms with Crippen molar-refractivity contribution in [2.24, 2.45) is 0 Å². The van der Waals surface area contributed by atoms with E-state index in [1.54, 1.807) is 30.3 Å². The second kappa shape index (κ2) is 5.80. The Labute approximate surface area is 124 Å². The minimum Gasteiger partial charge on any atom is -0.457 e. The monoisotopic (exact) mass is 304 g/mol. The van der Waals surface area contributed by atoms with Crippen molar-refractivity contribution < 1.29 is 18.5 Å². The van der Waals surface area contributed by atoms with Crippen LogP contribution in [0.25, 0.3) is 11.5 Å². The molecule has 3 rings (SSSR count). The molecule has 0 spiro atoms. The number of aromatic nitrogens is 2. The molecule has 2 aromatic heterocycles. The molecule has 0 saturated carbocycles. The Balaban J connectivity index is 1.65. The second-order valence-corrected chi connectivity index (χ2v) is 4.51. The molecule has 6 nitrogen and oxygen atoms in total. The van der Waals surface area contributed by atoms with Gasteiger partial charge in [-0.2, -0.15) is 4.98 Å². The molecule has 0 aliphatic heterocycles. The molecule has 1 aromatic carbocycles. The number of carbonyl (C=O) groups is 1. The van der Waals surface area contributed by atoms with Crippen LogP contribution in [-0.4, -0.2) is 16.1 Å². The van der Waals surface area contributed by atoms with Gasteiger partial charge >= 0.3 is 5.97 Å². The average Bonchev–Trinajstić information content (AvgIpc) is 3.17. The minimum atomic E-state index is -0.585. The molecular weight excluding hydrogens is 296 g/mol. The first kappa shape index (κ1) is 13.4. The molecule has 0 fully saturated rings. The summed E-state index contributed by atoms with van der Waals surface area (Å²) in [5, 5.41) is 4.36. The van der Waals surface area contributed by atoms with Gasteiger partial charge in [0.15, 0.2) is 6.61 Å². The van der Waals surface area contributed by atoms with E-state index >= 15 is 0 Å². The number of nitrogens with zero attached hydrogens (tertiary/aromatic N) is 2. The quantitative estimate of drug-likeness (QED) is 0.688. The molecule has 106 valence electrons. The number of hydrogen-bond donors (Lipinski definition) is 0. The average molecular weight is 305 g/mol. The van der Waals surface area contributed by atoms with Gasteiger partial charge in [0.2, 0.25) is 11.6 Å². The molecular formula is C14H9ClN2O4. The molecule has 0 bridgehead atoms. The molecule has 21 heavy (non-hydrogen) atoms. The normalized spacial score (nSPS) is 10.5. The molecule has 7 heteroatoms. The van der Waals surface area contributed by atoms with E-state index in [9.17, 15) is 4.79 Å². The van der Waals surface area contributed by atoms with E-state index in [0.717, 1.165) is 5.56 Å². The lowest BCUT2D eigenvalue weighted by molar-refractivity contribution is 0.0423. The maximum atomic E-state index is 11.6. The highest BCUT2D eigenvalue weighted by molar-refractivity contribution is 6.30. The molecule has 0 unspecified atom stereocenters. The fourth-order valence-corrected chi connectivity index (χ4v) is 1.74. The second-order valence-electron chi connectivity index (χ2n) is 4.08. The van der Waals surface area contributed by atoms with E-state index < -0.39 is 5.97 Å². The fraction of sp³-hybridized carbons (Fsp3) is 0.0714. The highest BCUT2D eigenvalue weighted by atomic mass is 35.5. The summed E-state index contributed by atoms with van der Waals surface area (Å²) in [5.74, 6) is 0.129. The number of hydrogen-bond acceptors (Lipinski definition) is 6. The highest BCUT2D eigenvalue weighted by Gasteiger charge is 2.13. The molecule has 3 aromatic rings. The number of halogens is 1. The van der Waals surface area contributed by atoms with Gasteiger partial charge in [-0.25, -0.2) is 4.79 Å². The lowest BCUT2D eigenvalue weighted by atomic mass is 10.2. The lowest BCUT2D eigenvalue weighted by Gasteiger charge is -1.97. The van der Waals surface area contributed by atoms with E-state index in [1.165, 1.54) is 12.3 Å². The van der Waals surface area contributed by atoms with Gasteiger partial charge in [-0.15, -0.1) is 0 Å². The summed E-state index contributed by atoms with van der Waals surface area (Å²) >= 11 is 5.80. The van der Waals surface area contributed by atoms with E-state index in [1.807, 2.05) is 0 Å². The third-order valence-electron chi connectivity index (χ3n) is 2.61. The van der Waals surface area contributed by atoms with Gasteiger partial charge in [0, 0.05) is 10.6 Å². The smallest absolute Gasteiger partial charge is 0.374 e. The number of furan rings is 1. The number of benzene rings is 1. The van der Waals surface area contributed by atoms with Gasteiger partial charge in [0.05, 0.1) is 6.26 Å². The summed E-state index contributed by atoms with van der Waals surface area (Å²) in [5.41, 5.74) is 0.732. The number of carbonyl (C=O) groups excluding carboxylic acids is 1. The molecule has 0 aliphatic carbocycles. The lowest BCUT2D eigenvalue weighted by Crippen LogP contribution is -2.04. The van der Waals surface area contributed by atoms with Crippen molar-refractivity contribution in [3.05, 3.63) is 59.3 Å². The van der Waals surface area contributed by atoms with Gasteiger partial charge < -0.3 is 13.7 Å². The maximum absolute atomic E-state index is 11.6. The first-order valence-electron chi connectivity index (χ1n) is 6.01. The van der Waals surface area contributed by atoms with Gasteiger partial charge in [0.1, 0.15) is 0 Å². The summed E-state index contributed by atoms with van der Waals surface area (Å²) in [6.07, 6.45) is 1.39. The third kappa shape index (κ3) is 3.11. The zero-order chi connectivity index (χ0) is 14.7. The molecule has 0 atom stereocenters. The molecule has 0 aliphatic rings. The standard InChI is InChI=1S/C14H9ClN2O4/c15-10-5-3-9(4-6-10)13-16-12(17-21-13)8-20-14(18)11-2-1-7-19-11/h1-7H,8H2. The summed E-state index contributed by atoms with van der Waals surface area (Å²) in [6, 6.07) is 10.1. The van der Waals surface area contributed by atoms with Gasteiger partial charge in [-0.05, 0) is 36.4 Å². The SMILES string of the molecule is O=C(OCc1noc(-c2ccc(Cl)cc2)n1)c1ccco1. The van der Waals surface area contributed by atoms with E-state index in [2.05, 4.69) is 10.1 Å². The first-order valence-corrected chi connectivity index (χ1v) is 6.39. The van der Waals surface area contributed by atoms with Gasteiger partial charge in [-0.1, -0.05) is 16.8 Å². The maximum Gasteiger partial charge on any atom is 0.374 e. The van der Waals surface area contributed by atoms with E-state index in [0.29, 0.717) is 10.9 Å². The Kier molecular flexibility index (Phi) is 3.70. The van der Waals surface area contributed by atoms with Gasteiger partial charge in [-0.3, -0.25) is 0 Å². The van der Waals surface area contributed by atoms with Crippen molar-refractivity contribution in [2.45, 2.75) is 6.61 Å². The fourth-order valence-electron chi connectivity index (χ4n) is 1.62. The summed E-state index contributed by atoms with van der Waals surface area (Å²) in [7, 11) is 0. The van der Waals surface area contributed by atoms with Gasteiger partial charge in [0.25, 0.3) is 5.89 Å². The topological polar surface area (TPSA) is 78.4 Å². The van der Waals surface area contributed by atoms with Crippen molar-refractivity contribution in [3.8, 4) is 11.5 Å². The number of rotatable bonds is 4. The van der Waals surface area contributed by atoms with Crippen molar-refractivity contribution in [2.75, 3.05) is 0 Å². The van der Waals surface area contributed by atoms with Crippen molar-refractivity contribution in [1.82, 2.24) is 10.1 Å². The molecule has 0 amide bonds. The summed E-state index contributed by atoms with van der Waals surface area (Å²) < 4.78 is 15.0. The van der Waals surface area contributed by atoms with Crippen LogP contribution >= 0.6 is 11.6 Å². The minimum absolute atomic E-state index is 0.101. The Hall–Kier alpha value is -2.60. The Morgan fingerprint density at radius 2 is 2.05 bits per heavy atom. The van der Waals surface area contributed by atoms with Crippen LogP contribution in [0.3, 0.4) is 0 Å². The van der Waals surface area contributed by atoms with Crippen LogP contribution in [-0.2, 0) is 11.3 Å². The number of esters is 1. The van der Waals surface area contributed by atoms with Crippen molar-refractivity contribution in [1.29, 1.82) is 0 Å². The van der Waals surface area contributed by atoms with Crippen LogP contribution in [0.1, 0.15) is 16.4 Å². The molecule has 0 radical (unpaired) electrons. The predicted octanol–water partition coefficient (Wildman–Crippen LogP) is 3.34. The van der Waals surface area contributed by atoms with Crippen LogP contribution in [0.5, 0.6) is 0 Å². The Bertz CT molecular complexity index is 735. The Morgan fingerprint density at radius 3 is 2.76 bits per heavy atom. The van der Waals surface area contributed by atoms with E-state index in [4.69, 9.17) is 25.3 Å². The van der Waals surface area contributed by atoms with Crippen LogP contribution in [0.2, 0.25) is 5.02 Å². The molecule has 0 N–H and O–H groups in total. The summed E-state index contributed by atoms with van der Waals surface area (Å²) in [6.45, 7) is -0.101.